The van der Waals surface area contributed by atoms with Crippen molar-refractivity contribution in [1.82, 2.24) is 5.32 Å². The second-order valence-electron chi connectivity index (χ2n) is 8.01. The van der Waals surface area contributed by atoms with Gasteiger partial charge in [-0.25, -0.2) is 8.42 Å². The van der Waals surface area contributed by atoms with E-state index in [1.807, 2.05) is 43.3 Å². The lowest BCUT2D eigenvalue weighted by molar-refractivity contribution is -0.122. The Labute approximate surface area is 180 Å². The Morgan fingerprint density at radius 1 is 1.10 bits per heavy atom. The van der Waals surface area contributed by atoms with E-state index in [1.165, 1.54) is 7.11 Å². The SMILES string of the molecule is COc1ccc(C)cc1N([C@@H](C)C(=O)N[C@@H](CC(C)C)c1ccccc1)S(C)(=O)=O. The predicted molar refractivity (Wildman–Crippen MR) is 121 cm³/mol. The van der Waals surface area contributed by atoms with Crippen molar-refractivity contribution in [3.63, 3.8) is 0 Å². The molecule has 1 amide bonds. The summed E-state index contributed by atoms with van der Waals surface area (Å²) >= 11 is 0. The minimum atomic E-state index is -3.74. The number of carbonyl (C=O) groups excluding carboxylic acids is 1. The van der Waals surface area contributed by atoms with Gasteiger partial charge >= 0.3 is 0 Å². The van der Waals surface area contributed by atoms with Crippen LogP contribution in [-0.2, 0) is 14.8 Å². The van der Waals surface area contributed by atoms with Crippen LogP contribution in [0.1, 0.15) is 44.4 Å². The average Bonchev–Trinajstić information content (AvgIpc) is 2.67. The van der Waals surface area contributed by atoms with Gasteiger partial charge in [0.2, 0.25) is 15.9 Å². The van der Waals surface area contributed by atoms with E-state index in [1.54, 1.807) is 19.1 Å². The summed E-state index contributed by atoms with van der Waals surface area (Å²) < 4.78 is 31.9. The van der Waals surface area contributed by atoms with Crippen LogP contribution in [0, 0.1) is 12.8 Å². The van der Waals surface area contributed by atoms with Crippen LogP contribution < -0.4 is 14.4 Å². The lowest BCUT2D eigenvalue weighted by Crippen LogP contribution is -2.49. The number of nitrogens with zero attached hydrogens (tertiary/aromatic N) is 1. The molecule has 0 heterocycles. The zero-order valence-electron chi connectivity index (χ0n) is 18.5. The van der Waals surface area contributed by atoms with E-state index in [0.29, 0.717) is 17.4 Å². The largest absolute Gasteiger partial charge is 0.495 e. The van der Waals surface area contributed by atoms with Crippen LogP contribution in [0.2, 0.25) is 0 Å². The summed E-state index contributed by atoms with van der Waals surface area (Å²) in [5, 5.41) is 3.05. The highest BCUT2D eigenvalue weighted by Gasteiger charge is 2.32. The molecule has 0 spiro atoms. The number of rotatable bonds is 9. The molecule has 0 saturated heterocycles. The second kappa shape index (κ2) is 9.98. The number of carbonyl (C=O) groups is 1. The fourth-order valence-electron chi connectivity index (χ4n) is 3.48. The number of sulfonamides is 1. The minimum Gasteiger partial charge on any atom is -0.495 e. The molecule has 0 aliphatic carbocycles. The van der Waals surface area contributed by atoms with Crippen molar-refractivity contribution in [2.45, 2.75) is 46.2 Å². The molecule has 2 aromatic rings. The van der Waals surface area contributed by atoms with Gasteiger partial charge in [-0.15, -0.1) is 0 Å². The first-order chi connectivity index (χ1) is 14.0. The number of methoxy groups -OCH3 is 1. The van der Waals surface area contributed by atoms with Crippen molar-refractivity contribution in [2.75, 3.05) is 17.7 Å². The number of hydrogen-bond acceptors (Lipinski definition) is 4. The third-order valence-electron chi connectivity index (χ3n) is 4.89. The van der Waals surface area contributed by atoms with E-state index in [-0.39, 0.29) is 11.9 Å². The summed E-state index contributed by atoms with van der Waals surface area (Å²) in [6.07, 6.45) is 1.84. The van der Waals surface area contributed by atoms with Crippen LogP contribution in [0.3, 0.4) is 0 Å². The number of anilines is 1. The van der Waals surface area contributed by atoms with Crippen molar-refractivity contribution in [3.8, 4) is 5.75 Å². The molecule has 0 unspecified atom stereocenters. The number of ether oxygens (including phenoxy) is 1. The molecule has 6 nitrogen and oxygen atoms in total. The van der Waals surface area contributed by atoms with Gasteiger partial charge in [0.05, 0.1) is 25.1 Å². The van der Waals surface area contributed by atoms with Crippen LogP contribution in [-0.4, -0.2) is 33.7 Å². The molecule has 0 aromatic heterocycles. The Morgan fingerprint density at radius 2 is 1.73 bits per heavy atom. The van der Waals surface area contributed by atoms with Gasteiger partial charge in [0.1, 0.15) is 11.8 Å². The highest BCUT2D eigenvalue weighted by molar-refractivity contribution is 7.92. The van der Waals surface area contributed by atoms with Gasteiger partial charge in [-0.1, -0.05) is 50.2 Å². The summed E-state index contributed by atoms with van der Waals surface area (Å²) in [4.78, 5) is 13.2. The molecular weight excluding hydrogens is 400 g/mol. The smallest absolute Gasteiger partial charge is 0.244 e. The number of amides is 1. The van der Waals surface area contributed by atoms with Crippen molar-refractivity contribution < 1.29 is 17.9 Å². The maximum absolute atomic E-state index is 13.2. The van der Waals surface area contributed by atoms with Crippen LogP contribution in [0.4, 0.5) is 5.69 Å². The second-order valence-corrected chi connectivity index (χ2v) is 9.87. The van der Waals surface area contributed by atoms with Crippen molar-refractivity contribution in [2.24, 2.45) is 5.92 Å². The molecule has 0 fully saturated rings. The minimum absolute atomic E-state index is 0.207. The molecule has 2 atom stereocenters. The summed E-state index contributed by atoms with van der Waals surface area (Å²) in [6.45, 7) is 7.63. The van der Waals surface area contributed by atoms with Gasteiger partial charge in [0, 0.05) is 0 Å². The van der Waals surface area contributed by atoms with Gasteiger partial charge in [-0.3, -0.25) is 9.10 Å². The molecule has 0 aliphatic heterocycles. The molecule has 2 aromatic carbocycles. The number of hydrogen-bond donors (Lipinski definition) is 1. The maximum atomic E-state index is 13.2. The molecule has 1 N–H and O–H groups in total. The standard InChI is InChI=1S/C23H32N2O4S/c1-16(2)14-20(19-10-8-7-9-11-19)24-23(26)18(4)25(30(6,27)28)21-15-17(3)12-13-22(21)29-5/h7-13,15-16,18,20H,14H2,1-6H3,(H,24,26)/t18-,20-/m0/s1. The Balaban J connectivity index is 2.39. The normalized spacial score (nSPS) is 13.6. The third-order valence-corrected chi connectivity index (χ3v) is 6.11. The summed E-state index contributed by atoms with van der Waals surface area (Å²) in [7, 11) is -2.26. The monoisotopic (exact) mass is 432 g/mol. The van der Waals surface area contributed by atoms with Crippen molar-refractivity contribution >= 4 is 21.6 Å². The van der Waals surface area contributed by atoms with Gasteiger partial charge in [-0.05, 0) is 49.4 Å². The topological polar surface area (TPSA) is 75.7 Å². The Hall–Kier alpha value is -2.54. The van der Waals surface area contributed by atoms with E-state index in [0.717, 1.165) is 28.1 Å². The first-order valence-corrected chi connectivity index (χ1v) is 11.9. The number of nitrogens with one attached hydrogen (secondary N) is 1. The van der Waals surface area contributed by atoms with Crippen LogP contribution >= 0.6 is 0 Å². The molecule has 0 radical (unpaired) electrons. The highest BCUT2D eigenvalue weighted by atomic mass is 32.2. The van der Waals surface area contributed by atoms with Crippen molar-refractivity contribution in [3.05, 3.63) is 59.7 Å². The maximum Gasteiger partial charge on any atom is 0.244 e. The van der Waals surface area contributed by atoms with E-state index >= 15 is 0 Å². The van der Waals surface area contributed by atoms with Gasteiger partial charge in [0.25, 0.3) is 0 Å². The lowest BCUT2D eigenvalue weighted by atomic mass is 9.96. The third kappa shape index (κ3) is 5.98. The van der Waals surface area contributed by atoms with E-state index in [4.69, 9.17) is 4.74 Å². The van der Waals surface area contributed by atoms with E-state index in [2.05, 4.69) is 19.2 Å². The van der Waals surface area contributed by atoms with Gasteiger partial charge < -0.3 is 10.1 Å². The fraction of sp³-hybridized carbons (Fsp3) is 0.435. The quantitative estimate of drug-likeness (QED) is 0.648. The van der Waals surface area contributed by atoms with Gasteiger partial charge in [-0.2, -0.15) is 0 Å². The highest BCUT2D eigenvalue weighted by Crippen LogP contribution is 2.33. The van der Waals surface area contributed by atoms with Crippen LogP contribution in [0.5, 0.6) is 5.75 Å². The van der Waals surface area contributed by atoms with Crippen LogP contribution in [0.15, 0.2) is 48.5 Å². The number of benzene rings is 2. The van der Waals surface area contributed by atoms with Crippen molar-refractivity contribution in [1.29, 1.82) is 0 Å². The molecular formula is C23H32N2O4S. The molecule has 7 heteroatoms. The first-order valence-electron chi connectivity index (χ1n) is 10.0. The fourth-order valence-corrected chi connectivity index (χ4v) is 4.65. The predicted octanol–water partition coefficient (Wildman–Crippen LogP) is 4.06. The number of aryl methyl sites for hydroxylation is 1. The zero-order valence-corrected chi connectivity index (χ0v) is 19.4. The molecule has 0 aliphatic rings. The first kappa shape index (κ1) is 23.7. The molecule has 2 rings (SSSR count). The Kier molecular flexibility index (Phi) is 7.89. The lowest BCUT2D eigenvalue weighted by Gasteiger charge is -2.31. The van der Waals surface area contributed by atoms with Gasteiger partial charge in [0.15, 0.2) is 0 Å². The van der Waals surface area contributed by atoms with E-state index in [9.17, 15) is 13.2 Å². The molecule has 0 bridgehead atoms. The zero-order chi connectivity index (χ0) is 22.5. The molecule has 0 saturated carbocycles. The van der Waals surface area contributed by atoms with E-state index < -0.39 is 16.1 Å². The average molecular weight is 433 g/mol. The molecule has 30 heavy (non-hydrogen) atoms. The van der Waals surface area contributed by atoms with Crippen LogP contribution in [0.25, 0.3) is 0 Å². The molecule has 164 valence electrons. The Bertz CT molecular complexity index is 958. The Morgan fingerprint density at radius 3 is 2.27 bits per heavy atom. The summed E-state index contributed by atoms with van der Waals surface area (Å²) in [5.74, 6) is 0.389. The summed E-state index contributed by atoms with van der Waals surface area (Å²) in [5.41, 5.74) is 2.21. The summed E-state index contributed by atoms with van der Waals surface area (Å²) in [6, 6.07) is 13.8.